The normalized spacial score (nSPS) is 14.5. The fourth-order valence-electron chi connectivity index (χ4n) is 2.29. The van der Waals surface area contributed by atoms with E-state index in [0.717, 1.165) is 30.7 Å². The van der Waals surface area contributed by atoms with Gasteiger partial charge in [0.05, 0.1) is 4.88 Å². The van der Waals surface area contributed by atoms with Crippen LogP contribution in [0.1, 0.15) is 20.8 Å². The monoisotopic (exact) mass is 243 g/mol. The lowest BCUT2D eigenvalue weighted by Gasteiger charge is -2.29. The molecule has 3 rings (SSSR count). The van der Waals surface area contributed by atoms with Gasteiger partial charge >= 0.3 is 0 Å². The highest BCUT2D eigenvalue weighted by Crippen LogP contribution is 2.27. The third-order valence-corrected chi connectivity index (χ3v) is 4.06. The first-order valence-corrected chi connectivity index (χ1v) is 6.60. The maximum Gasteiger partial charge on any atom is 0.160 e. The third-order valence-electron chi connectivity index (χ3n) is 3.22. The molecule has 2 aromatic rings. The molecule has 0 amide bonds. The van der Waals surface area contributed by atoms with Crippen LogP contribution in [0.5, 0.6) is 0 Å². The Bertz CT molecular complexity index is 547. The van der Waals surface area contributed by atoms with Crippen LogP contribution in [0.15, 0.2) is 35.7 Å². The number of carbonyl (C=O) groups is 1. The van der Waals surface area contributed by atoms with Crippen molar-refractivity contribution in [3.63, 3.8) is 0 Å². The van der Waals surface area contributed by atoms with Gasteiger partial charge in [0.25, 0.3) is 0 Å². The molecule has 2 heterocycles. The lowest BCUT2D eigenvalue weighted by molar-refractivity contribution is 0.112. The number of hydrogen-bond acceptors (Lipinski definition) is 3. The first-order chi connectivity index (χ1) is 8.36. The Morgan fingerprint density at radius 1 is 1.24 bits per heavy atom. The highest BCUT2D eigenvalue weighted by Gasteiger charge is 2.16. The number of nitrogens with zero attached hydrogens (tertiary/aromatic N) is 1. The molecule has 0 spiro atoms. The Morgan fingerprint density at radius 2 is 2.06 bits per heavy atom. The predicted octanol–water partition coefficient (Wildman–Crippen LogP) is 3.12. The first kappa shape index (κ1) is 10.5. The summed E-state index contributed by atoms with van der Waals surface area (Å²) in [6.45, 7) is 1.98. The lowest BCUT2D eigenvalue weighted by Crippen LogP contribution is -2.29. The van der Waals surface area contributed by atoms with Crippen LogP contribution in [-0.4, -0.2) is 12.8 Å². The van der Waals surface area contributed by atoms with E-state index in [-0.39, 0.29) is 0 Å². The van der Waals surface area contributed by atoms with Crippen molar-refractivity contribution in [1.29, 1.82) is 0 Å². The van der Waals surface area contributed by atoms with E-state index in [2.05, 4.69) is 34.5 Å². The van der Waals surface area contributed by atoms with Gasteiger partial charge in [-0.2, -0.15) is 0 Å². The van der Waals surface area contributed by atoms with Crippen LogP contribution in [-0.2, 0) is 13.0 Å². The smallest absolute Gasteiger partial charge is 0.160 e. The summed E-state index contributed by atoms with van der Waals surface area (Å²) in [5.41, 5.74) is 4.03. The van der Waals surface area contributed by atoms with E-state index >= 15 is 0 Å². The van der Waals surface area contributed by atoms with Gasteiger partial charge in [0.2, 0.25) is 0 Å². The van der Waals surface area contributed by atoms with Crippen molar-refractivity contribution in [2.24, 2.45) is 0 Å². The molecule has 1 aliphatic rings. The quantitative estimate of drug-likeness (QED) is 0.755. The molecule has 2 nitrogen and oxygen atoms in total. The number of anilines is 1. The van der Waals surface area contributed by atoms with Crippen molar-refractivity contribution in [3.05, 3.63) is 51.7 Å². The van der Waals surface area contributed by atoms with Gasteiger partial charge < -0.3 is 4.90 Å². The molecular formula is C14H13NOS. The van der Waals surface area contributed by atoms with E-state index in [9.17, 15) is 4.79 Å². The van der Waals surface area contributed by atoms with Crippen LogP contribution < -0.4 is 4.90 Å². The molecule has 0 bridgehead atoms. The first-order valence-electron chi connectivity index (χ1n) is 5.72. The second-order valence-electron chi connectivity index (χ2n) is 4.27. The highest BCUT2D eigenvalue weighted by atomic mass is 32.1. The van der Waals surface area contributed by atoms with Crippen molar-refractivity contribution >= 4 is 23.3 Å². The van der Waals surface area contributed by atoms with E-state index in [1.807, 2.05) is 6.07 Å². The molecule has 0 N–H and O–H groups in total. The molecule has 0 saturated carbocycles. The largest absolute Gasteiger partial charge is 0.366 e. The summed E-state index contributed by atoms with van der Waals surface area (Å²) in [5, 5.41) is 2.07. The van der Waals surface area contributed by atoms with Crippen LogP contribution >= 0.6 is 11.3 Å². The maximum atomic E-state index is 10.7. The van der Waals surface area contributed by atoms with Crippen LogP contribution in [0.2, 0.25) is 0 Å². The summed E-state index contributed by atoms with van der Waals surface area (Å²) in [7, 11) is 0. The summed E-state index contributed by atoms with van der Waals surface area (Å²) in [6, 6.07) is 10.6. The molecule has 0 fully saturated rings. The third kappa shape index (κ3) is 1.98. The van der Waals surface area contributed by atoms with E-state index in [4.69, 9.17) is 0 Å². The molecule has 86 valence electrons. The van der Waals surface area contributed by atoms with E-state index in [1.54, 1.807) is 0 Å². The van der Waals surface area contributed by atoms with Crippen LogP contribution in [0, 0.1) is 0 Å². The predicted molar refractivity (Wildman–Crippen MR) is 70.9 cm³/mol. The standard InChI is InChI=1S/C14H13NOS/c16-9-14-7-13(10-17-14)15-6-5-11-3-1-2-4-12(11)8-15/h1-4,7,9-10H,5-6,8H2. The second kappa shape index (κ2) is 4.34. The summed E-state index contributed by atoms with van der Waals surface area (Å²) >= 11 is 1.51. The SMILES string of the molecule is O=Cc1cc(N2CCc3ccccc3C2)cs1. The average Bonchev–Trinajstić information content (AvgIpc) is 2.87. The number of aldehydes is 1. The number of hydrogen-bond donors (Lipinski definition) is 0. The Labute approximate surface area is 105 Å². The molecular weight excluding hydrogens is 230 g/mol. The number of rotatable bonds is 2. The van der Waals surface area contributed by atoms with Crippen molar-refractivity contribution < 1.29 is 4.79 Å². The van der Waals surface area contributed by atoms with Crippen molar-refractivity contribution in [2.75, 3.05) is 11.4 Å². The molecule has 0 atom stereocenters. The second-order valence-corrected chi connectivity index (χ2v) is 5.21. The number of thiophene rings is 1. The van der Waals surface area contributed by atoms with Gasteiger partial charge in [-0.25, -0.2) is 0 Å². The zero-order valence-corrected chi connectivity index (χ0v) is 10.2. The Hall–Kier alpha value is -1.61. The lowest BCUT2D eigenvalue weighted by atomic mass is 10.00. The Balaban J connectivity index is 1.86. The van der Waals surface area contributed by atoms with Gasteiger partial charge in [-0.15, -0.1) is 11.3 Å². The molecule has 3 heteroatoms. The van der Waals surface area contributed by atoms with Gasteiger partial charge in [0, 0.05) is 24.2 Å². The molecule has 17 heavy (non-hydrogen) atoms. The molecule has 1 aliphatic heterocycles. The minimum Gasteiger partial charge on any atom is -0.366 e. The molecule has 1 aromatic heterocycles. The molecule has 0 saturated heterocycles. The maximum absolute atomic E-state index is 10.7. The highest BCUT2D eigenvalue weighted by molar-refractivity contribution is 7.12. The summed E-state index contributed by atoms with van der Waals surface area (Å²) in [4.78, 5) is 13.8. The Kier molecular flexibility index (Phi) is 2.69. The topological polar surface area (TPSA) is 20.3 Å². The fraction of sp³-hybridized carbons (Fsp3) is 0.214. The van der Waals surface area contributed by atoms with Crippen LogP contribution in [0.4, 0.5) is 5.69 Å². The molecule has 0 aliphatic carbocycles. The zero-order valence-electron chi connectivity index (χ0n) is 9.43. The van der Waals surface area contributed by atoms with Gasteiger partial charge in [-0.05, 0) is 23.6 Å². The zero-order chi connectivity index (χ0) is 11.7. The molecule has 1 aromatic carbocycles. The average molecular weight is 243 g/mol. The van der Waals surface area contributed by atoms with Gasteiger partial charge in [-0.1, -0.05) is 24.3 Å². The number of benzene rings is 1. The van der Waals surface area contributed by atoms with Crippen molar-refractivity contribution in [1.82, 2.24) is 0 Å². The molecule has 0 radical (unpaired) electrons. The minimum absolute atomic E-state index is 0.804. The van der Waals surface area contributed by atoms with Gasteiger partial charge in [0.15, 0.2) is 6.29 Å². The molecule has 0 unspecified atom stereocenters. The minimum atomic E-state index is 0.804. The van der Waals surface area contributed by atoms with Crippen LogP contribution in [0.25, 0.3) is 0 Å². The Morgan fingerprint density at radius 3 is 2.82 bits per heavy atom. The number of fused-ring (bicyclic) bond motifs is 1. The van der Waals surface area contributed by atoms with Crippen molar-refractivity contribution in [2.45, 2.75) is 13.0 Å². The van der Waals surface area contributed by atoms with Gasteiger partial charge in [0.1, 0.15) is 0 Å². The van der Waals surface area contributed by atoms with E-state index < -0.39 is 0 Å². The summed E-state index contributed by atoms with van der Waals surface area (Å²) < 4.78 is 0. The van der Waals surface area contributed by atoms with E-state index in [1.165, 1.54) is 28.2 Å². The summed E-state index contributed by atoms with van der Waals surface area (Å²) in [5.74, 6) is 0. The van der Waals surface area contributed by atoms with Crippen LogP contribution in [0.3, 0.4) is 0 Å². The van der Waals surface area contributed by atoms with E-state index in [0.29, 0.717) is 0 Å². The summed E-state index contributed by atoms with van der Waals surface area (Å²) in [6.07, 6.45) is 2.01. The van der Waals surface area contributed by atoms with Crippen molar-refractivity contribution in [3.8, 4) is 0 Å². The van der Waals surface area contributed by atoms with Gasteiger partial charge in [-0.3, -0.25) is 4.79 Å². The fourth-order valence-corrected chi connectivity index (χ4v) is 3.00. The number of carbonyl (C=O) groups excluding carboxylic acids is 1.